The van der Waals surface area contributed by atoms with Crippen LogP contribution >= 0.6 is 0 Å². The number of carbonyl (C=O) groups is 2. The first kappa shape index (κ1) is 32.9. The molecule has 1 aliphatic heterocycles. The molecule has 2 aromatic rings. The number of fused-ring (bicyclic) bond motifs is 1. The first-order valence-electron chi connectivity index (χ1n) is 12.0. The van der Waals surface area contributed by atoms with Crippen molar-refractivity contribution in [3.8, 4) is 0 Å². The first-order chi connectivity index (χ1) is 18.7. The third-order valence-electron chi connectivity index (χ3n) is 5.89. The lowest BCUT2D eigenvalue weighted by Crippen LogP contribution is -2.47. The molecule has 0 aromatic carbocycles. The normalized spacial score (nSPS) is 20.8. The van der Waals surface area contributed by atoms with Gasteiger partial charge in [0.1, 0.15) is 0 Å². The van der Waals surface area contributed by atoms with Gasteiger partial charge in [0.05, 0.1) is 31.6 Å². The topological polar surface area (TPSA) is 122 Å². The van der Waals surface area contributed by atoms with Crippen LogP contribution in [0, 0.1) is 12.8 Å². The van der Waals surface area contributed by atoms with Crippen molar-refractivity contribution >= 4 is 11.9 Å². The van der Waals surface area contributed by atoms with E-state index in [1.54, 1.807) is 0 Å². The zero-order valence-electron chi connectivity index (χ0n) is 21.4. The number of alkyl halides is 6. The van der Waals surface area contributed by atoms with Gasteiger partial charge in [-0.05, 0) is 49.4 Å². The monoisotopic (exact) mass is 581 g/mol. The van der Waals surface area contributed by atoms with Crippen molar-refractivity contribution in [2.45, 2.75) is 57.4 Å². The van der Waals surface area contributed by atoms with Gasteiger partial charge in [0, 0.05) is 37.2 Å². The number of aromatic nitrogens is 2. The van der Waals surface area contributed by atoms with E-state index in [-0.39, 0.29) is 0 Å². The van der Waals surface area contributed by atoms with E-state index in [9.17, 15) is 26.3 Å². The summed E-state index contributed by atoms with van der Waals surface area (Å²) in [4.78, 5) is 29.1. The summed E-state index contributed by atoms with van der Waals surface area (Å²) in [7, 11) is 0. The van der Waals surface area contributed by atoms with Crippen LogP contribution in [-0.2, 0) is 32.2 Å². The summed E-state index contributed by atoms with van der Waals surface area (Å²) in [5, 5.41) is 14.2. The molecular weight excluding hydrogens is 552 g/mol. The number of aliphatic carboxylic acids is 2. The maximum absolute atomic E-state index is 10.6. The second kappa shape index (κ2) is 14.9. The van der Waals surface area contributed by atoms with Crippen molar-refractivity contribution in [2.24, 2.45) is 5.92 Å². The number of rotatable bonds is 6. The zero-order valence-corrected chi connectivity index (χ0v) is 21.4. The van der Waals surface area contributed by atoms with Crippen molar-refractivity contribution in [3.63, 3.8) is 0 Å². The molecule has 1 aliphatic carbocycles. The number of ether oxygens (including phenoxy) is 2. The molecule has 1 saturated heterocycles. The molecule has 40 heavy (non-hydrogen) atoms. The van der Waals surface area contributed by atoms with Crippen LogP contribution < -0.4 is 0 Å². The highest BCUT2D eigenvalue weighted by molar-refractivity contribution is 5.73. The summed E-state index contributed by atoms with van der Waals surface area (Å²) >= 11 is 0. The summed E-state index contributed by atoms with van der Waals surface area (Å²) in [5.41, 5.74) is 3.32. The standard InChI is InChI=1S/C21H27N3O2.2C2HF3O2/c1-16-4-2-6-19(23-16)15-25-14-18-10-20-21(11-18)26-9-8-24(20)13-17-5-3-7-22-12-17;2*3-2(4,5)1(6)7/h2-7,12,18,20-21H,8-11,13-15H2,1H3;2*(H,6,7). The van der Waals surface area contributed by atoms with Crippen LogP contribution in [0.15, 0.2) is 42.7 Å². The molecule has 2 fully saturated rings. The average molecular weight is 582 g/mol. The quantitative estimate of drug-likeness (QED) is 0.483. The van der Waals surface area contributed by atoms with Gasteiger partial charge in [-0.1, -0.05) is 12.1 Å². The number of hydrogen-bond donors (Lipinski definition) is 2. The van der Waals surface area contributed by atoms with Crippen molar-refractivity contribution in [1.29, 1.82) is 0 Å². The van der Waals surface area contributed by atoms with E-state index in [0.29, 0.717) is 24.7 Å². The molecule has 3 unspecified atom stereocenters. The Kier molecular flexibility index (Phi) is 12.3. The Bertz CT molecular complexity index is 1060. The van der Waals surface area contributed by atoms with Crippen LogP contribution in [0.4, 0.5) is 26.3 Å². The van der Waals surface area contributed by atoms with Crippen molar-refractivity contribution < 1.29 is 55.6 Å². The van der Waals surface area contributed by atoms with Crippen molar-refractivity contribution in [1.82, 2.24) is 14.9 Å². The molecule has 2 aromatic heterocycles. The Morgan fingerprint density at radius 2 is 1.70 bits per heavy atom. The molecule has 4 rings (SSSR count). The first-order valence-corrected chi connectivity index (χ1v) is 12.0. The molecule has 2 aliphatic rings. The van der Waals surface area contributed by atoms with E-state index in [2.05, 4.69) is 20.9 Å². The zero-order chi connectivity index (χ0) is 29.9. The van der Waals surface area contributed by atoms with E-state index >= 15 is 0 Å². The predicted octanol–water partition coefficient (Wildman–Crippen LogP) is 4.25. The molecule has 3 heterocycles. The molecule has 15 heteroatoms. The Balaban J connectivity index is 0.000000333. The summed E-state index contributed by atoms with van der Waals surface area (Å²) < 4.78 is 75.5. The average Bonchev–Trinajstić information content (AvgIpc) is 3.28. The number of carboxylic acid groups (broad SMARTS) is 2. The Hall–Kier alpha value is -3.30. The van der Waals surface area contributed by atoms with Gasteiger partial charge in [-0.25, -0.2) is 9.59 Å². The minimum absolute atomic E-state index is 0.339. The SMILES string of the molecule is Cc1cccc(COCC2CC3OCCN(Cc4cccnc4)C3C2)n1.O=C(O)C(F)(F)F.O=C(O)C(F)(F)F. The lowest BCUT2D eigenvalue weighted by Gasteiger charge is -2.37. The van der Waals surface area contributed by atoms with Gasteiger partial charge in [-0.3, -0.25) is 14.9 Å². The van der Waals surface area contributed by atoms with Crippen LogP contribution in [0.2, 0.25) is 0 Å². The maximum atomic E-state index is 10.6. The Morgan fingerprint density at radius 3 is 2.25 bits per heavy atom. The summed E-state index contributed by atoms with van der Waals surface area (Å²) in [5.74, 6) is -4.95. The lowest BCUT2D eigenvalue weighted by atomic mass is 10.1. The van der Waals surface area contributed by atoms with Gasteiger partial charge in [-0.2, -0.15) is 26.3 Å². The fourth-order valence-corrected chi connectivity index (χ4v) is 4.19. The molecule has 0 amide bonds. The molecule has 0 bridgehead atoms. The van der Waals surface area contributed by atoms with Crippen LogP contribution in [-0.4, -0.2) is 81.3 Å². The summed E-state index contributed by atoms with van der Waals surface area (Å²) in [6.45, 7) is 6.16. The number of aryl methyl sites for hydroxylation is 1. The number of halogens is 6. The molecule has 0 spiro atoms. The molecule has 222 valence electrons. The van der Waals surface area contributed by atoms with Gasteiger partial charge in [0.15, 0.2) is 0 Å². The third kappa shape index (κ3) is 11.4. The number of hydrogen-bond acceptors (Lipinski definition) is 7. The molecule has 1 saturated carbocycles. The molecule has 9 nitrogen and oxygen atoms in total. The molecule has 3 atom stereocenters. The number of pyridine rings is 2. The smallest absolute Gasteiger partial charge is 0.475 e. The second-order valence-corrected chi connectivity index (χ2v) is 9.04. The number of nitrogens with zero attached hydrogens (tertiary/aromatic N) is 3. The number of carboxylic acids is 2. The fourth-order valence-electron chi connectivity index (χ4n) is 4.19. The van der Waals surface area contributed by atoms with Crippen LogP contribution in [0.5, 0.6) is 0 Å². The molecular formula is C25H29F6N3O6. The van der Waals surface area contributed by atoms with Crippen LogP contribution in [0.3, 0.4) is 0 Å². The van der Waals surface area contributed by atoms with Gasteiger partial charge in [-0.15, -0.1) is 0 Å². The minimum atomic E-state index is -5.08. The number of morpholine rings is 1. The highest BCUT2D eigenvalue weighted by atomic mass is 19.4. The van der Waals surface area contributed by atoms with E-state index in [1.165, 1.54) is 5.56 Å². The Morgan fingerprint density at radius 1 is 1.05 bits per heavy atom. The van der Waals surface area contributed by atoms with Crippen LogP contribution in [0.1, 0.15) is 29.8 Å². The van der Waals surface area contributed by atoms with Crippen molar-refractivity contribution in [3.05, 3.63) is 59.7 Å². The molecule has 0 radical (unpaired) electrons. The van der Waals surface area contributed by atoms with Crippen LogP contribution in [0.25, 0.3) is 0 Å². The van der Waals surface area contributed by atoms with E-state index < -0.39 is 24.3 Å². The fraction of sp³-hybridized carbons (Fsp3) is 0.520. The van der Waals surface area contributed by atoms with Gasteiger partial charge in [0.25, 0.3) is 0 Å². The van der Waals surface area contributed by atoms with E-state index in [4.69, 9.17) is 29.3 Å². The second-order valence-electron chi connectivity index (χ2n) is 9.04. The predicted molar refractivity (Wildman–Crippen MR) is 127 cm³/mol. The minimum Gasteiger partial charge on any atom is -0.475 e. The highest BCUT2D eigenvalue weighted by Gasteiger charge is 2.41. The maximum Gasteiger partial charge on any atom is 0.490 e. The van der Waals surface area contributed by atoms with Gasteiger partial charge >= 0.3 is 24.3 Å². The lowest BCUT2D eigenvalue weighted by molar-refractivity contribution is -0.193. The van der Waals surface area contributed by atoms with E-state index in [1.807, 2.05) is 43.6 Å². The van der Waals surface area contributed by atoms with Gasteiger partial charge in [0.2, 0.25) is 0 Å². The summed E-state index contributed by atoms with van der Waals surface area (Å²) in [6.07, 6.45) is -3.79. The van der Waals surface area contributed by atoms with E-state index in [0.717, 1.165) is 50.5 Å². The highest BCUT2D eigenvalue weighted by Crippen LogP contribution is 2.35. The van der Waals surface area contributed by atoms with Crippen molar-refractivity contribution in [2.75, 3.05) is 19.8 Å². The third-order valence-corrected chi connectivity index (χ3v) is 5.89. The molecule has 2 N–H and O–H groups in total. The summed E-state index contributed by atoms with van der Waals surface area (Å²) in [6, 6.07) is 10.7. The van der Waals surface area contributed by atoms with Gasteiger partial charge < -0.3 is 19.7 Å². The Labute approximate surface area is 225 Å². The largest absolute Gasteiger partial charge is 0.490 e.